The van der Waals surface area contributed by atoms with Crippen LogP contribution in [0, 0.1) is 54.1 Å². The number of nitrogens with zero attached hydrogens (tertiary/aromatic N) is 1. The zero-order valence-corrected chi connectivity index (χ0v) is 56.4. The normalized spacial score (nSPS) is 13.2. The van der Waals surface area contributed by atoms with Crippen LogP contribution in [-0.2, 0) is 4.79 Å². The first-order chi connectivity index (χ1) is 31.3. The maximum Gasteiger partial charge on any atom is 0.222 e. The lowest BCUT2D eigenvalue weighted by molar-refractivity contribution is -0.130. The summed E-state index contributed by atoms with van der Waals surface area (Å²) in [6.07, 6.45) is 34.2. The third kappa shape index (κ3) is 92.5. The van der Waals surface area contributed by atoms with Crippen molar-refractivity contribution in [1.29, 1.82) is 0 Å². The molecule has 2 nitrogen and oxygen atoms in total. The molecule has 0 bridgehead atoms. The van der Waals surface area contributed by atoms with Crippen molar-refractivity contribution >= 4 is 5.91 Å². The zero-order valence-electron chi connectivity index (χ0n) is 56.4. The summed E-state index contributed by atoms with van der Waals surface area (Å²) in [4.78, 5) is 13.9. The summed E-state index contributed by atoms with van der Waals surface area (Å²) in [5.74, 6) is 0.314. The Morgan fingerprint density at radius 3 is 0.592 bits per heavy atom. The van der Waals surface area contributed by atoms with E-state index in [1.807, 2.05) is 11.9 Å². The molecule has 0 aliphatic rings. The smallest absolute Gasteiger partial charge is 0.222 e. The summed E-state index contributed by atoms with van der Waals surface area (Å²) in [7, 11) is 1.94. The Hall–Kier alpha value is -0.530. The zero-order chi connectivity index (χ0) is 57.2. The molecule has 0 heterocycles. The summed E-state index contributed by atoms with van der Waals surface area (Å²) in [6, 6.07) is 0. The van der Waals surface area contributed by atoms with Gasteiger partial charge in [0.1, 0.15) is 0 Å². The quantitative estimate of drug-likeness (QED) is 0.0934. The fraction of sp³-hybridized carbons (Fsp3) is 0.986. The van der Waals surface area contributed by atoms with Crippen molar-refractivity contribution in [3.05, 3.63) is 0 Å². The van der Waals surface area contributed by atoms with E-state index in [1.54, 1.807) is 0 Å². The lowest BCUT2D eigenvalue weighted by Gasteiger charge is -2.23. The molecule has 0 aromatic carbocycles. The first-order valence-electron chi connectivity index (χ1n) is 30.6. The van der Waals surface area contributed by atoms with E-state index in [1.165, 1.54) is 148 Å². The van der Waals surface area contributed by atoms with E-state index in [0.717, 1.165) is 25.8 Å². The fourth-order valence-electron chi connectivity index (χ4n) is 7.89. The van der Waals surface area contributed by atoms with Crippen LogP contribution in [0.1, 0.15) is 375 Å². The average molecular weight is 1010 g/mol. The van der Waals surface area contributed by atoms with Gasteiger partial charge in [-0.2, -0.15) is 0 Å². The number of unbranched alkanes of at least 4 members (excludes halogenated alkanes) is 10. The molecule has 0 rings (SSSR count). The van der Waals surface area contributed by atoms with Crippen molar-refractivity contribution < 1.29 is 4.79 Å². The molecule has 71 heavy (non-hydrogen) atoms. The highest BCUT2D eigenvalue weighted by atomic mass is 16.2. The summed E-state index contributed by atoms with van der Waals surface area (Å²) >= 11 is 0. The molecule has 0 aliphatic heterocycles. The summed E-state index contributed by atoms with van der Waals surface area (Å²) in [5, 5.41) is 0. The van der Waals surface area contributed by atoms with E-state index in [4.69, 9.17) is 0 Å². The fourth-order valence-corrected chi connectivity index (χ4v) is 7.89. The summed E-state index contributed by atoms with van der Waals surface area (Å²) < 4.78 is 0. The van der Waals surface area contributed by atoms with Crippen molar-refractivity contribution in [3.8, 4) is 0 Å². The van der Waals surface area contributed by atoms with Gasteiger partial charge in [-0.1, -0.05) is 298 Å². The van der Waals surface area contributed by atoms with Crippen LogP contribution in [0.25, 0.3) is 0 Å². The molecule has 0 saturated heterocycles. The second kappa shape index (κ2) is 38.1. The minimum atomic E-state index is 0.307. The Kier molecular flexibility index (Phi) is 42.6. The van der Waals surface area contributed by atoms with Gasteiger partial charge in [-0.15, -0.1) is 0 Å². The molecule has 0 unspecified atom stereocenters. The van der Waals surface area contributed by atoms with Crippen LogP contribution in [0.3, 0.4) is 0 Å². The average Bonchev–Trinajstić information content (AvgIpc) is 3.10. The van der Waals surface area contributed by atoms with Crippen LogP contribution in [0.2, 0.25) is 0 Å². The highest BCUT2D eigenvalue weighted by Gasteiger charge is 2.17. The van der Waals surface area contributed by atoms with Gasteiger partial charge in [-0.05, 0) is 125 Å². The van der Waals surface area contributed by atoms with Crippen LogP contribution in [0.15, 0.2) is 0 Å². The van der Waals surface area contributed by atoms with E-state index >= 15 is 0 Å². The monoisotopic (exact) mass is 1010 g/mol. The highest BCUT2D eigenvalue weighted by molar-refractivity contribution is 5.75. The van der Waals surface area contributed by atoms with Crippen molar-refractivity contribution in [3.63, 3.8) is 0 Å². The Labute approximate surface area is 455 Å². The predicted octanol–water partition coefficient (Wildman–Crippen LogP) is 25.0. The molecule has 1 amide bonds. The molecule has 434 valence electrons. The molecule has 0 fully saturated rings. The standard InChI is InChI=1S/C19H39NO.C14H30.C13H28.C12H26.C11H24/c1-18(2,3)14-12-10-8-9-11-13-17(21)20(7)16-15-19(4,5)6;1-13(2,3)11-9-7-8-10-12-14(4,5)6;1-12(2,3)10-8-7-9-11-13(4,5)6;1-11(2,3)9-7-8-10-12(4,5)6;1-10(2,3)8-7-9-11(4,5)6/h8-16H2,1-7H3;7-12H2,1-6H3;7-11H2,1-6H3;7-10H2,1-6H3;7-9H2,1-6H3. The molecular weight excluding hydrogens is 859 g/mol. The van der Waals surface area contributed by atoms with Crippen LogP contribution in [0.5, 0.6) is 0 Å². The van der Waals surface area contributed by atoms with Gasteiger partial charge >= 0.3 is 0 Å². The number of carbonyl (C=O) groups excluding carboxylic acids is 1. The SMILES string of the molecule is CC(C)(C)CCCC(C)(C)C.CC(C)(C)CCCCC(C)(C)C.CC(C)(C)CCCCCC(C)(C)C.CC(C)(C)CCCCCCC(C)(C)C.CN(CCC(C)(C)C)C(=O)CCCCCCCC(C)(C)C. The molecule has 2 heteroatoms. The second-order valence-electron chi connectivity index (χ2n) is 35.0. The Balaban J connectivity index is -0.000000261. The van der Waals surface area contributed by atoms with Crippen molar-refractivity contribution in [2.24, 2.45) is 54.1 Å². The van der Waals surface area contributed by atoms with E-state index in [9.17, 15) is 4.79 Å². The van der Waals surface area contributed by atoms with Gasteiger partial charge in [0.2, 0.25) is 5.91 Å². The lowest BCUT2D eigenvalue weighted by atomic mass is 9.84. The van der Waals surface area contributed by atoms with Crippen LogP contribution >= 0.6 is 0 Å². The third-order valence-electron chi connectivity index (χ3n) is 12.9. The lowest BCUT2D eigenvalue weighted by Crippen LogP contribution is -2.29. The highest BCUT2D eigenvalue weighted by Crippen LogP contribution is 2.30. The molecule has 0 atom stereocenters. The van der Waals surface area contributed by atoms with Crippen molar-refractivity contribution in [2.45, 2.75) is 375 Å². The minimum Gasteiger partial charge on any atom is -0.346 e. The topological polar surface area (TPSA) is 20.3 Å². The maximum atomic E-state index is 12.0. The number of hydrogen-bond donors (Lipinski definition) is 0. The largest absolute Gasteiger partial charge is 0.346 e. The minimum absolute atomic E-state index is 0.307. The Morgan fingerprint density at radius 1 is 0.225 bits per heavy atom. The van der Waals surface area contributed by atoms with Gasteiger partial charge in [-0.25, -0.2) is 0 Å². The Bertz CT molecular complexity index is 1120. The Morgan fingerprint density at radius 2 is 0.380 bits per heavy atom. The third-order valence-corrected chi connectivity index (χ3v) is 12.9. The number of hydrogen-bond acceptors (Lipinski definition) is 1. The van der Waals surface area contributed by atoms with Gasteiger partial charge in [0.15, 0.2) is 0 Å². The van der Waals surface area contributed by atoms with Crippen molar-refractivity contribution in [2.75, 3.05) is 13.6 Å². The summed E-state index contributed by atoms with van der Waals surface area (Å²) in [6.45, 7) is 70.3. The molecule has 0 aromatic rings. The molecule has 0 spiro atoms. The number of amides is 1. The van der Waals surface area contributed by atoms with Gasteiger partial charge in [0.25, 0.3) is 0 Å². The molecule has 0 aromatic heterocycles. The van der Waals surface area contributed by atoms with E-state index in [-0.39, 0.29) is 0 Å². The second-order valence-corrected chi connectivity index (χ2v) is 35.0. The molecule has 0 N–H and O–H groups in total. The van der Waals surface area contributed by atoms with Crippen LogP contribution in [0.4, 0.5) is 0 Å². The number of carbonyl (C=O) groups is 1. The van der Waals surface area contributed by atoms with Crippen LogP contribution < -0.4 is 0 Å². The van der Waals surface area contributed by atoms with Gasteiger partial charge in [0, 0.05) is 20.0 Å². The van der Waals surface area contributed by atoms with Gasteiger partial charge in [-0.3, -0.25) is 4.79 Å². The van der Waals surface area contributed by atoms with E-state index < -0.39 is 0 Å². The predicted molar refractivity (Wildman–Crippen MR) is 332 cm³/mol. The van der Waals surface area contributed by atoms with E-state index in [2.05, 4.69) is 208 Å². The molecular formula is C69H147NO. The first-order valence-corrected chi connectivity index (χ1v) is 30.6. The molecule has 0 radical (unpaired) electrons. The van der Waals surface area contributed by atoms with Gasteiger partial charge in [0.05, 0.1) is 0 Å². The van der Waals surface area contributed by atoms with E-state index in [0.29, 0.717) is 60.1 Å². The first kappa shape index (κ1) is 79.3. The van der Waals surface area contributed by atoms with Crippen molar-refractivity contribution in [1.82, 2.24) is 4.90 Å². The summed E-state index contributed by atoms with van der Waals surface area (Å²) in [5.41, 5.74) is 4.98. The maximum absolute atomic E-state index is 12.0. The molecule has 0 aliphatic carbocycles. The van der Waals surface area contributed by atoms with Gasteiger partial charge < -0.3 is 4.90 Å². The molecule has 0 saturated carbocycles. The van der Waals surface area contributed by atoms with Crippen LogP contribution in [-0.4, -0.2) is 24.4 Å². The number of rotatable bonds is 23.